The quantitative estimate of drug-likeness (QED) is 0.232. The molecule has 2 amide bonds. The van der Waals surface area contributed by atoms with Crippen LogP contribution in [0.3, 0.4) is 0 Å². The number of benzene rings is 3. The van der Waals surface area contributed by atoms with Gasteiger partial charge in [-0.25, -0.2) is 9.59 Å². The van der Waals surface area contributed by atoms with Crippen LogP contribution in [0.4, 0.5) is 0 Å². The maximum atomic E-state index is 12.5. The predicted octanol–water partition coefficient (Wildman–Crippen LogP) is 3.32. The van der Waals surface area contributed by atoms with Gasteiger partial charge in [-0.05, 0) is 55.5 Å². The zero-order valence-electron chi connectivity index (χ0n) is 18.1. The Morgan fingerprint density at radius 2 is 1.32 bits per heavy atom. The van der Waals surface area contributed by atoms with Crippen molar-refractivity contribution in [1.82, 2.24) is 4.90 Å². The molecular weight excluding hydrogens is 438 g/mol. The van der Waals surface area contributed by atoms with Gasteiger partial charge < -0.3 is 9.47 Å². The Morgan fingerprint density at radius 3 is 1.91 bits per heavy atom. The molecule has 3 aromatic rings. The van der Waals surface area contributed by atoms with Gasteiger partial charge in [0, 0.05) is 5.56 Å². The summed E-state index contributed by atoms with van der Waals surface area (Å²) in [5.74, 6) is -2.83. The topological polar surface area (TPSA) is 107 Å². The van der Waals surface area contributed by atoms with E-state index in [0.717, 1.165) is 4.90 Å². The Balaban J connectivity index is 1.33. The lowest BCUT2D eigenvalue weighted by Crippen LogP contribution is -2.44. The van der Waals surface area contributed by atoms with Crippen molar-refractivity contribution in [3.05, 3.63) is 101 Å². The Kier molecular flexibility index (Phi) is 6.31. The minimum atomic E-state index is -1.19. The number of ether oxygens (including phenoxy) is 2. The molecule has 1 atom stereocenters. The van der Waals surface area contributed by atoms with Gasteiger partial charge in [0.25, 0.3) is 11.8 Å². The van der Waals surface area contributed by atoms with Crippen LogP contribution in [-0.2, 0) is 9.53 Å². The van der Waals surface area contributed by atoms with Crippen LogP contribution in [0.5, 0.6) is 5.75 Å². The van der Waals surface area contributed by atoms with Crippen molar-refractivity contribution in [3.63, 3.8) is 0 Å². The molecule has 4 rings (SSSR count). The number of hydrogen-bond acceptors (Lipinski definition) is 7. The van der Waals surface area contributed by atoms with E-state index in [-0.39, 0.29) is 22.4 Å². The number of fused-ring (bicyclic) bond motifs is 1. The van der Waals surface area contributed by atoms with Gasteiger partial charge in [-0.2, -0.15) is 0 Å². The summed E-state index contributed by atoms with van der Waals surface area (Å²) in [4.78, 5) is 62.8. The number of hydrogen-bond donors (Lipinski definition) is 0. The minimum Gasteiger partial charge on any atom is -0.456 e. The van der Waals surface area contributed by atoms with Crippen LogP contribution in [-0.4, -0.2) is 47.1 Å². The molecule has 0 fully saturated rings. The molecule has 0 bridgehead atoms. The van der Waals surface area contributed by atoms with Crippen LogP contribution in [0.1, 0.15) is 48.4 Å². The van der Waals surface area contributed by atoms with Gasteiger partial charge in [-0.1, -0.05) is 30.3 Å². The fourth-order valence-electron chi connectivity index (χ4n) is 3.45. The third kappa shape index (κ3) is 4.47. The molecule has 34 heavy (non-hydrogen) atoms. The molecule has 0 saturated carbocycles. The van der Waals surface area contributed by atoms with E-state index in [0.29, 0.717) is 5.56 Å². The normalized spacial score (nSPS) is 13.3. The molecule has 1 aliphatic heterocycles. The third-order valence-corrected chi connectivity index (χ3v) is 5.30. The first-order valence-electron chi connectivity index (χ1n) is 10.4. The first-order valence-corrected chi connectivity index (χ1v) is 10.4. The highest BCUT2D eigenvalue weighted by atomic mass is 16.5. The van der Waals surface area contributed by atoms with Gasteiger partial charge >= 0.3 is 11.9 Å². The van der Waals surface area contributed by atoms with Gasteiger partial charge in [-0.15, -0.1) is 0 Å². The summed E-state index contributed by atoms with van der Waals surface area (Å²) in [6, 6.07) is 19.3. The summed E-state index contributed by atoms with van der Waals surface area (Å²) < 4.78 is 10.3. The minimum absolute atomic E-state index is 0.219. The zero-order valence-corrected chi connectivity index (χ0v) is 18.1. The Labute approximate surface area is 194 Å². The molecule has 0 saturated heterocycles. The Hall–Kier alpha value is -4.59. The van der Waals surface area contributed by atoms with Crippen molar-refractivity contribution in [2.24, 2.45) is 0 Å². The highest BCUT2D eigenvalue weighted by molar-refractivity contribution is 6.22. The summed E-state index contributed by atoms with van der Waals surface area (Å²) in [7, 11) is 0. The number of Topliss-reactive ketones (excluding diaryl/α,β-unsaturated/α-hetero) is 1. The number of nitrogens with zero attached hydrogens (tertiary/aromatic N) is 1. The highest BCUT2D eigenvalue weighted by Gasteiger charge is 2.41. The molecule has 8 nitrogen and oxygen atoms in total. The average molecular weight is 457 g/mol. The maximum absolute atomic E-state index is 12.5. The van der Waals surface area contributed by atoms with Gasteiger partial charge in [0.2, 0.25) is 0 Å². The first-order chi connectivity index (χ1) is 16.4. The van der Waals surface area contributed by atoms with Crippen molar-refractivity contribution in [2.45, 2.75) is 13.0 Å². The molecular formula is C26H19NO7. The molecule has 0 aromatic heterocycles. The second kappa shape index (κ2) is 9.50. The molecule has 0 radical (unpaired) electrons. The van der Waals surface area contributed by atoms with Crippen LogP contribution >= 0.6 is 0 Å². The lowest BCUT2D eigenvalue weighted by atomic mass is 10.1. The fraction of sp³-hybridized carbons (Fsp3) is 0.115. The molecule has 0 spiro atoms. The molecule has 170 valence electrons. The standard InChI is InChI=1S/C26H19NO7/c1-16(27-23(29)20-9-5-6-10-21(20)24(27)30)25(31)33-15-22(28)17-11-13-19(14-12-17)34-26(32)18-7-3-2-4-8-18/h2-14,16H,15H2,1H3. The largest absolute Gasteiger partial charge is 0.456 e. The second-order valence-electron chi connectivity index (χ2n) is 7.51. The molecule has 8 heteroatoms. The molecule has 3 aromatic carbocycles. The van der Waals surface area contributed by atoms with E-state index in [4.69, 9.17) is 9.47 Å². The summed E-state index contributed by atoms with van der Waals surface area (Å²) in [5, 5.41) is 0. The summed E-state index contributed by atoms with van der Waals surface area (Å²) >= 11 is 0. The number of amides is 2. The predicted molar refractivity (Wildman–Crippen MR) is 120 cm³/mol. The fourth-order valence-corrected chi connectivity index (χ4v) is 3.45. The van der Waals surface area contributed by atoms with Gasteiger partial charge in [0.15, 0.2) is 12.4 Å². The summed E-state index contributed by atoms with van der Waals surface area (Å²) in [6.07, 6.45) is 0. The smallest absolute Gasteiger partial charge is 0.343 e. The van der Waals surface area contributed by atoms with Gasteiger partial charge in [0.05, 0.1) is 16.7 Å². The maximum Gasteiger partial charge on any atom is 0.343 e. The lowest BCUT2D eigenvalue weighted by Gasteiger charge is -2.20. The molecule has 1 heterocycles. The summed E-state index contributed by atoms with van der Waals surface area (Å²) in [5.41, 5.74) is 1.06. The Bertz CT molecular complexity index is 1250. The number of carbonyl (C=O) groups excluding carboxylic acids is 5. The van der Waals surface area contributed by atoms with Gasteiger partial charge in [0.1, 0.15) is 11.8 Å². The first kappa shape index (κ1) is 22.6. The van der Waals surface area contributed by atoms with E-state index in [2.05, 4.69) is 0 Å². The summed E-state index contributed by atoms with van der Waals surface area (Å²) in [6.45, 7) is 0.792. The SMILES string of the molecule is CC(C(=O)OCC(=O)c1ccc(OC(=O)c2ccccc2)cc1)N1C(=O)c2ccccc2C1=O. The van der Waals surface area contributed by atoms with Crippen molar-refractivity contribution in [3.8, 4) is 5.75 Å². The average Bonchev–Trinajstić information content (AvgIpc) is 3.12. The highest BCUT2D eigenvalue weighted by Crippen LogP contribution is 2.25. The van der Waals surface area contributed by atoms with E-state index in [1.807, 2.05) is 0 Å². The molecule has 1 aliphatic rings. The van der Waals surface area contributed by atoms with E-state index in [9.17, 15) is 24.0 Å². The molecule has 0 N–H and O–H groups in total. The van der Waals surface area contributed by atoms with Crippen LogP contribution in [0.15, 0.2) is 78.9 Å². The van der Waals surface area contributed by atoms with Crippen LogP contribution < -0.4 is 4.74 Å². The number of esters is 2. The number of carbonyl (C=O) groups is 5. The van der Waals surface area contributed by atoms with E-state index in [1.165, 1.54) is 43.3 Å². The third-order valence-electron chi connectivity index (χ3n) is 5.30. The Morgan fingerprint density at radius 1 is 0.765 bits per heavy atom. The monoisotopic (exact) mass is 457 g/mol. The van der Waals surface area contributed by atoms with E-state index in [1.54, 1.807) is 42.5 Å². The number of imide groups is 1. The van der Waals surface area contributed by atoms with Crippen LogP contribution in [0.25, 0.3) is 0 Å². The van der Waals surface area contributed by atoms with Crippen LogP contribution in [0, 0.1) is 0 Å². The van der Waals surface area contributed by atoms with Crippen molar-refractivity contribution in [1.29, 1.82) is 0 Å². The number of rotatable bonds is 7. The molecule has 1 unspecified atom stereocenters. The lowest BCUT2D eigenvalue weighted by molar-refractivity contribution is -0.146. The van der Waals surface area contributed by atoms with Crippen molar-refractivity contribution in [2.75, 3.05) is 6.61 Å². The van der Waals surface area contributed by atoms with Crippen molar-refractivity contribution >= 4 is 29.5 Å². The second-order valence-corrected chi connectivity index (χ2v) is 7.51. The number of ketones is 1. The van der Waals surface area contributed by atoms with Crippen molar-refractivity contribution < 1.29 is 33.4 Å². The van der Waals surface area contributed by atoms with E-state index >= 15 is 0 Å². The van der Waals surface area contributed by atoms with E-state index < -0.39 is 42.2 Å². The molecule has 0 aliphatic carbocycles. The van der Waals surface area contributed by atoms with Gasteiger partial charge in [-0.3, -0.25) is 19.3 Å². The zero-order chi connectivity index (χ0) is 24.2. The van der Waals surface area contributed by atoms with Crippen LogP contribution in [0.2, 0.25) is 0 Å².